The Labute approximate surface area is 144 Å². The molecule has 0 saturated heterocycles. The summed E-state index contributed by atoms with van der Waals surface area (Å²) in [7, 11) is 0. The smallest absolute Gasteiger partial charge is 0.326 e. The fraction of sp³-hybridized carbons (Fsp3) is 0.125. The molecule has 0 aromatic heterocycles. The van der Waals surface area contributed by atoms with Crippen molar-refractivity contribution in [3.63, 3.8) is 0 Å². The minimum atomic E-state index is -4.72. The summed E-state index contributed by atoms with van der Waals surface area (Å²) in [6, 6.07) is 7.81. The van der Waals surface area contributed by atoms with E-state index >= 15 is 0 Å². The van der Waals surface area contributed by atoms with Crippen molar-refractivity contribution in [1.82, 2.24) is 0 Å². The summed E-state index contributed by atoms with van der Waals surface area (Å²) >= 11 is 5.54. The highest BCUT2D eigenvalue weighted by atomic mass is 35.5. The summed E-state index contributed by atoms with van der Waals surface area (Å²) in [6.07, 6.45) is -5.46. The first-order valence-electron chi connectivity index (χ1n) is 6.87. The minimum absolute atomic E-state index is 0.125. The average Bonchev–Trinajstić information content (AvgIpc) is 2.47. The van der Waals surface area contributed by atoms with Crippen LogP contribution in [0, 0.1) is 5.82 Å². The molecule has 0 spiro atoms. The van der Waals surface area contributed by atoms with Crippen LogP contribution in [0.3, 0.4) is 0 Å². The number of carbonyl (C=O) groups is 2. The van der Waals surface area contributed by atoms with Crippen LogP contribution < -0.4 is 10.6 Å². The van der Waals surface area contributed by atoms with Gasteiger partial charge in [-0.25, -0.2) is 4.39 Å². The second-order valence-electron chi connectivity index (χ2n) is 4.97. The number of alkyl halides is 3. The second-order valence-corrected chi connectivity index (χ2v) is 5.41. The Bertz CT molecular complexity index is 809. The van der Waals surface area contributed by atoms with E-state index in [-0.39, 0.29) is 10.7 Å². The van der Waals surface area contributed by atoms with Gasteiger partial charge >= 0.3 is 6.18 Å². The van der Waals surface area contributed by atoms with Gasteiger partial charge in [-0.05, 0) is 36.4 Å². The standard InChI is InChI=1S/C16H11ClF4N2O2/c17-9-4-5-13(12(6-9)16(19,20)21)23-15(25)8-14(24)22-11-3-1-2-10(18)7-11/h1-7H,8H2,(H,22,24)(H,23,25). The molecule has 0 radical (unpaired) electrons. The first kappa shape index (κ1) is 18.7. The Morgan fingerprint density at radius 1 is 1.00 bits per heavy atom. The molecule has 132 valence electrons. The van der Waals surface area contributed by atoms with Crippen molar-refractivity contribution >= 4 is 34.8 Å². The average molecular weight is 375 g/mol. The van der Waals surface area contributed by atoms with Crippen molar-refractivity contribution in [2.45, 2.75) is 12.6 Å². The lowest BCUT2D eigenvalue weighted by atomic mass is 10.1. The van der Waals surface area contributed by atoms with Crippen molar-refractivity contribution in [2.24, 2.45) is 0 Å². The lowest BCUT2D eigenvalue weighted by Gasteiger charge is -2.14. The van der Waals surface area contributed by atoms with E-state index in [1.54, 1.807) is 0 Å². The van der Waals surface area contributed by atoms with Gasteiger partial charge < -0.3 is 10.6 Å². The molecule has 0 fully saturated rings. The highest BCUT2D eigenvalue weighted by molar-refractivity contribution is 6.30. The predicted molar refractivity (Wildman–Crippen MR) is 84.7 cm³/mol. The SMILES string of the molecule is O=C(CC(=O)Nc1ccc(Cl)cc1C(F)(F)F)Nc1cccc(F)c1. The number of hydrogen-bond acceptors (Lipinski definition) is 2. The Morgan fingerprint density at radius 2 is 1.68 bits per heavy atom. The van der Waals surface area contributed by atoms with Crippen molar-refractivity contribution in [3.8, 4) is 0 Å². The molecule has 0 aliphatic heterocycles. The van der Waals surface area contributed by atoms with Crippen LogP contribution in [0.15, 0.2) is 42.5 Å². The molecule has 2 N–H and O–H groups in total. The molecular formula is C16H11ClF4N2O2. The summed E-state index contributed by atoms with van der Waals surface area (Å²) in [5, 5.41) is 4.15. The van der Waals surface area contributed by atoms with E-state index in [2.05, 4.69) is 5.32 Å². The highest BCUT2D eigenvalue weighted by Crippen LogP contribution is 2.36. The second kappa shape index (κ2) is 7.52. The monoisotopic (exact) mass is 374 g/mol. The maximum absolute atomic E-state index is 13.0. The molecule has 9 heteroatoms. The molecule has 0 unspecified atom stereocenters. The summed E-state index contributed by atoms with van der Waals surface area (Å²) in [5.74, 6) is -2.34. The first-order chi connectivity index (χ1) is 11.6. The molecule has 0 heterocycles. The number of nitrogens with one attached hydrogen (secondary N) is 2. The van der Waals surface area contributed by atoms with Crippen molar-refractivity contribution in [1.29, 1.82) is 0 Å². The number of rotatable bonds is 4. The van der Waals surface area contributed by atoms with Crippen LogP contribution in [-0.2, 0) is 15.8 Å². The fourth-order valence-electron chi connectivity index (χ4n) is 1.97. The third-order valence-electron chi connectivity index (χ3n) is 2.99. The topological polar surface area (TPSA) is 58.2 Å². The van der Waals surface area contributed by atoms with Gasteiger partial charge in [0, 0.05) is 10.7 Å². The molecule has 0 aliphatic carbocycles. The molecule has 2 aromatic carbocycles. The summed E-state index contributed by atoms with van der Waals surface area (Å²) in [4.78, 5) is 23.5. The van der Waals surface area contributed by atoms with Gasteiger partial charge in [-0.1, -0.05) is 17.7 Å². The van der Waals surface area contributed by atoms with Gasteiger partial charge in [0.2, 0.25) is 11.8 Å². The lowest BCUT2D eigenvalue weighted by Crippen LogP contribution is -2.23. The molecule has 25 heavy (non-hydrogen) atoms. The van der Waals surface area contributed by atoms with Gasteiger partial charge in [0.05, 0.1) is 11.3 Å². The largest absolute Gasteiger partial charge is 0.418 e. The van der Waals surface area contributed by atoms with Crippen LogP contribution in [0.25, 0.3) is 0 Å². The van der Waals surface area contributed by atoms with Crippen LogP contribution in [0.5, 0.6) is 0 Å². The number of benzene rings is 2. The molecule has 2 amide bonds. The van der Waals surface area contributed by atoms with Gasteiger partial charge in [-0.2, -0.15) is 13.2 Å². The number of hydrogen-bond donors (Lipinski definition) is 2. The van der Waals surface area contributed by atoms with Gasteiger partial charge in [0.15, 0.2) is 0 Å². The zero-order chi connectivity index (χ0) is 18.6. The van der Waals surface area contributed by atoms with E-state index in [1.807, 2.05) is 5.32 Å². The lowest BCUT2D eigenvalue weighted by molar-refractivity contribution is -0.137. The zero-order valence-corrected chi connectivity index (χ0v) is 13.2. The fourth-order valence-corrected chi connectivity index (χ4v) is 2.14. The molecule has 0 bridgehead atoms. The summed E-state index contributed by atoms with van der Waals surface area (Å²) in [6.45, 7) is 0. The van der Waals surface area contributed by atoms with Crippen molar-refractivity contribution in [2.75, 3.05) is 10.6 Å². The van der Waals surface area contributed by atoms with E-state index in [0.717, 1.165) is 12.1 Å². The number of amides is 2. The molecule has 4 nitrogen and oxygen atoms in total. The van der Waals surface area contributed by atoms with Crippen molar-refractivity contribution < 1.29 is 27.2 Å². The summed E-state index contributed by atoms with van der Waals surface area (Å²) < 4.78 is 51.8. The first-order valence-corrected chi connectivity index (χ1v) is 7.25. The van der Waals surface area contributed by atoms with Crippen LogP contribution in [-0.4, -0.2) is 11.8 Å². The number of halogens is 5. The predicted octanol–water partition coefficient (Wildman–Crippen LogP) is 4.47. The minimum Gasteiger partial charge on any atom is -0.326 e. The maximum Gasteiger partial charge on any atom is 0.418 e. The van der Waals surface area contributed by atoms with Crippen LogP contribution in [0.1, 0.15) is 12.0 Å². The molecule has 0 saturated carbocycles. The van der Waals surface area contributed by atoms with Crippen LogP contribution in [0.4, 0.5) is 28.9 Å². The Morgan fingerprint density at radius 3 is 2.32 bits per heavy atom. The van der Waals surface area contributed by atoms with Gasteiger partial charge in [-0.3, -0.25) is 9.59 Å². The Balaban J connectivity index is 2.04. The quantitative estimate of drug-likeness (QED) is 0.613. The third kappa shape index (κ3) is 5.46. The Kier molecular flexibility index (Phi) is 5.63. The van der Waals surface area contributed by atoms with E-state index in [0.29, 0.717) is 6.07 Å². The van der Waals surface area contributed by atoms with E-state index in [4.69, 9.17) is 11.6 Å². The molecule has 0 aliphatic rings. The normalized spacial score (nSPS) is 11.1. The van der Waals surface area contributed by atoms with Gasteiger partial charge in [0.25, 0.3) is 0 Å². The molecule has 0 atom stereocenters. The van der Waals surface area contributed by atoms with Crippen LogP contribution >= 0.6 is 11.6 Å². The van der Waals surface area contributed by atoms with E-state index < -0.39 is 41.5 Å². The Hall–Kier alpha value is -2.61. The molecular weight excluding hydrogens is 364 g/mol. The highest BCUT2D eigenvalue weighted by Gasteiger charge is 2.34. The van der Waals surface area contributed by atoms with Crippen LogP contribution in [0.2, 0.25) is 5.02 Å². The van der Waals surface area contributed by atoms with Gasteiger partial charge in [0.1, 0.15) is 12.2 Å². The summed E-state index contributed by atoms with van der Waals surface area (Å²) in [5.41, 5.74) is -1.51. The van der Waals surface area contributed by atoms with Gasteiger partial charge in [-0.15, -0.1) is 0 Å². The van der Waals surface area contributed by atoms with E-state index in [1.165, 1.54) is 24.3 Å². The number of carbonyl (C=O) groups excluding carboxylic acids is 2. The molecule has 2 rings (SSSR count). The zero-order valence-electron chi connectivity index (χ0n) is 12.5. The number of anilines is 2. The van der Waals surface area contributed by atoms with Crippen molar-refractivity contribution in [3.05, 3.63) is 58.9 Å². The maximum atomic E-state index is 13.0. The molecule has 2 aromatic rings. The third-order valence-corrected chi connectivity index (χ3v) is 3.23. The van der Waals surface area contributed by atoms with E-state index in [9.17, 15) is 27.2 Å².